The van der Waals surface area contributed by atoms with E-state index in [1.54, 1.807) is 4.68 Å². The molecule has 7 nitrogen and oxygen atoms in total. The minimum atomic E-state index is -2.99. The predicted octanol–water partition coefficient (Wildman–Crippen LogP) is 0.753. The lowest BCUT2D eigenvalue weighted by Gasteiger charge is -2.22. The maximum atomic E-state index is 11.8. The van der Waals surface area contributed by atoms with Crippen LogP contribution < -0.4 is 5.73 Å². The van der Waals surface area contributed by atoms with E-state index in [0.717, 1.165) is 23.9 Å². The third kappa shape index (κ3) is 1.60. The molecule has 1 unspecified atom stereocenters. The van der Waals surface area contributed by atoms with E-state index in [0.29, 0.717) is 23.8 Å². The van der Waals surface area contributed by atoms with Crippen molar-refractivity contribution >= 4 is 26.7 Å². The SMILES string of the molecule is CC1(n2nc(C3CC3)c3c(N)[nH]nc32)CCS(=O)(=O)C1. The number of nitrogens with one attached hydrogen (secondary N) is 1. The summed E-state index contributed by atoms with van der Waals surface area (Å²) in [5.41, 5.74) is 7.09. The van der Waals surface area contributed by atoms with Gasteiger partial charge in [-0.15, -0.1) is 0 Å². The molecule has 1 atom stereocenters. The number of nitrogens with zero attached hydrogens (tertiary/aromatic N) is 3. The third-order valence-electron chi connectivity index (χ3n) is 4.40. The first-order chi connectivity index (χ1) is 9.40. The van der Waals surface area contributed by atoms with Gasteiger partial charge in [-0.05, 0) is 26.2 Å². The Kier molecular flexibility index (Phi) is 2.16. The summed E-state index contributed by atoms with van der Waals surface area (Å²) in [5, 5.41) is 12.6. The zero-order valence-corrected chi connectivity index (χ0v) is 12.1. The lowest BCUT2D eigenvalue weighted by molar-refractivity contribution is 0.335. The second-order valence-corrected chi connectivity index (χ2v) is 8.43. The molecule has 3 heterocycles. The number of anilines is 1. The molecule has 0 radical (unpaired) electrons. The molecular formula is C12H17N5O2S. The highest BCUT2D eigenvalue weighted by atomic mass is 32.2. The fourth-order valence-corrected chi connectivity index (χ4v) is 5.25. The van der Waals surface area contributed by atoms with Crippen LogP contribution in [0.5, 0.6) is 0 Å². The molecule has 1 aliphatic carbocycles. The van der Waals surface area contributed by atoms with Gasteiger partial charge in [0.15, 0.2) is 15.5 Å². The molecule has 1 aliphatic heterocycles. The summed E-state index contributed by atoms with van der Waals surface area (Å²) in [6, 6.07) is 0. The number of hydrogen-bond acceptors (Lipinski definition) is 5. The fourth-order valence-electron chi connectivity index (χ4n) is 3.14. The molecule has 0 amide bonds. The van der Waals surface area contributed by atoms with Gasteiger partial charge >= 0.3 is 0 Å². The van der Waals surface area contributed by atoms with Crippen molar-refractivity contribution in [3.63, 3.8) is 0 Å². The zero-order valence-electron chi connectivity index (χ0n) is 11.3. The molecule has 0 aromatic carbocycles. The number of nitrogen functional groups attached to an aromatic ring is 1. The molecule has 2 fully saturated rings. The average molecular weight is 295 g/mol. The molecular weight excluding hydrogens is 278 g/mol. The summed E-state index contributed by atoms with van der Waals surface area (Å²) in [7, 11) is -2.99. The summed E-state index contributed by atoms with van der Waals surface area (Å²) < 4.78 is 25.4. The van der Waals surface area contributed by atoms with Crippen molar-refractivity contribution in [1.82, 2.24) is 20.0 Å². The molecule has 20 heavy (non-hydrogen) atoms. The Labute approximate surface area is 116 Å². The van der Waals surface area contributed by atoms with Crippen LogP contribution in [0.3, 0.4) is 0 Å². The largest absolute Gasteiger partial charge is 0.383 e. The average Bonchev–Trinajstić information content (AvgIpc) is 2.93. The maximum absolute atomic E-state index is 11.8. The second kappa shape index (κ2) is 3.55. The number of hydrogen-bond donors (Lipinski definition) is 2. The molecule has 0 bridgehead atoms. The van der Waals surface area contributed by atoms with E-state index in [1.807, 2.05) is 6.92 Å². The van der Waals surface area contributed by atoms with Gasteiger partial charge in [-0.2, -0.15) is 10.2 Å². The summed E-state index contributed by atoms with van der Waals surface area (Å²) in [5.74, 6) is 1.30. The number of fused-ring (bicyclic) bond motifs is 1. The van der Waals surface area contributed by atoms with Crippen molar-refractivity contribution in [2.45, 2.75) is 37.6 Å². The zero-order chi connectivity index (χ0) is 14.1. The number of rotatable bonds is 2. The quantitative estimate of drug-likeness (QED) is 0.850. The van der Waals surface area contributed by atoms with E-state index in [2.05, 4.69) is 15.3 Å². The number of H-pyrrole nitrogens is 1. The minimum Gasteiger partial charge on any atom is -0.383 e. The van der Waals surface area contributed by atoms with Gasteiger partial charge in [-0.1, -0.05) is 0 Å². The molecule has 8 heteroatoms. The Hall–Kier alpha value is -1.57. The smallest absolute Gasteiger partial charge is 0.182 e. The Balaban J connectivity index is 1.92. The van der Waals surface area contributed by atoms with Crippen molar-refractivity contribution in [2.24, 2.45) is 0 Å². The van der Waals surface area contributed by atoms with Gasteiger partial charge in [0.05, 0.1) is 28.1 Å². The number of aromatic nitrogens is 4. The van der Waals surface area contributed by atoms with Gasteiger partial charge in [-0.25, -0.2) is 13.1 Å². The topological polar surface area (TPSA) is 107 Å². The number of aromatic amines is 1. The van der Waals surface area contributed by atoms with Crippen LogP contribution in [0, 0.1) is 0 Å². The Morgan fingerprint density at radius 1 is 1.45 bits per heavy atom. The lowest BCUT2D eigenvalue weighted by atomic mass is 10.0. The van der Waals surface area contributed by atoms with Crippen LogP contribution in [0.2, 0.25) is 0 Å². The molecule has 1 saturated heterocycles. The minimum absolute atomic E-state index is 0.119. The van der Waals surface area contributed by atoms with Crippen molar-refractivity contribution in [3.05, 3.63) is 5.69 Å². The second-order valence-electron chi connectivity index (χ2n) is 6.25. The van der Waals surface area contributed by atoms with E-state index in [-0.39, 0.29) is 11.5 Å². The Morgan fingerprint density at radius 3 is 2.80 bits per heavy atom. The summed E-state index contributed by atoms with van der Waals surface area (Å²) in [6.45, 7) is 1.94. The predicted molar refractivity (Wildman–Crippen MR) is 75.2 cm³/mol. The molecule has 1 saturated carbocycles. The van der Waals surface area contributed by atoms with Crippen LogP contribution in [0.25, 0.3) is 11.0 Å². The summed E-state index contributed by atoms with van der Waals surface area (Å²) in [6.07, 6.45) is 2.81. The molecule has 0 spiro atoms. The highest BCUT2D eigenvalue weighted by Gasteiger charge is 2.43. The monoisotopic (exact) mass is 295 g/mol. The van der Waals surface area contributed by atoms with E-state index in [1.165, 1.54) is 0 Å². The van der Waals surface area contributed by atoms with Gasteiger partial charge in [-0.3, -0.25) is 5.10 Å². The van der Waals surface area contributed by atoms with Crippen molar-refractivity contribution in [2.75, 3.05) is 17.2 Å². The van der Waals surface area contributed by atoms with Crippen LogP contribution >= 0.6 is 0 Å². The molecule has 108 valence electrons. The highest BCUT2D eigenvalue weighted by molar-refractivity contribution is 7.91. The van der Waals surface area contributed by atoms with Crippen molar-refractivity contribution in [1.29, 1.82) is 0 Å². The van der Waals surface area contributed by atoms with E-state index in [9.17, 15) is 8.42 Å². The molecule has 4 rings (SSSR count). The van der Waals surface area contributed by atoms with Crippen LogP contribution in [-0.4, -0.2) is 39.9 Å². The Bertz CT molecular complexity index is 801. The van der Waals surface area contributed by atoms with Crippen molar-refractivity contribution < 1.29 is 8.42 Å². The van der Waals surface area contributed by atoms with Crippen molar-refractivity contribution in [3.8, 4) is 0 Å². The Morgan fingerprint density at radius 2 is 2.20 bits per heavy atom. The highest BCUT2D eigenvalue weighted by Crippen LogP contribution is 2.45. The van der Waals surface area contributed by atoms with Crippen LogP contribution in [0.4, 0.5) is 5.82 Å². The van der Waals surface area contributed by atoms with Crippen LogP contribution in [-0.2, 0) is 15.4 Å². The van der Waals surface area contributed by atoms with E-state index >= 15 is 0 Å². The maximum Gasteiger partial charge on any atom is 0.182 e. The first-order valence-corrected chi connectivity index (χ1v) is 8.65. The number of sulfone groups is 1. The molecule has 3 N–H and O–H groups in total. The van der Waals surface area contributed by atoms with Gasteiger partial charge in [0.2, 0.25) is 0 Å². The summed E-state index contributed by atoms with van der Waals surface area (Å²) in [4.78, 5) is 0. The normalized spacial score (nSPS) is 29.2. The van der Waals surface area contributed by atoms with Gasteiger partial charge in [0.25, 0.3) is 0 Å². The fraction of sp³-hybridized carbons (Fsp3) is 0.667. The van der Waals surface area contributed by atoms with Gasteiger partial charge in [0.1, 0.15) is 5.82 Å². The standard InChI is InChI=1S/C12H17N5O2S/c1-12(4-5-20(18,19)6-12)17-11-8(10(13)14-15-11)9(16-17)7-2-3-7/h7H,2-6H2,1H3,(H3,13,14,15). The summed E-state index contributed by atoms with van der Waals surface area (Å²) >= 11 is 0. The van der Waals surface area contributed by atoms with Gasteiger partial charge < -0.3 is 5.73 Å². The lowest BCUT2D eigenvalue weighted by Crippen LogP contribution is -2.32. The molecule has 2 aliphatic rings. The van der Waals surface area contributed by atoms with Crippen LogP contribution in [0.15, 0.2) is 0 Å². The van der Waals surface area contributed by atoms with E-state index in [4.69, 9.17) is 5.73 Å². The third-order valence-corrected chi connectivity index (χ3v) is 6.29. The number of nitrogens with two attached hydrogens (primary N) is 1. The first kappa shape index (κ1) is 12.2. The van der Waals surface area contributed by atoms with Gasteiger partial charge in [0, 0.05) is 5.92 Å². The van der Waals surface area contributed by atoms with Crippen LogP contribution in [0.1, 0.15) is 37.8 Å². The first-order valence-electron chi connectivity index (χ1n) is 6.83. The molecule has 2 aromatic heterocycles. The van der Waals surface area contributed by atoms with E-state index < -0.39 is 15.4 Å². The molecule has 2 aromatic rings.